The van der Waals surface area contributed by atoms with Crippen LogP contribution in [0.1, 0.15) is 15.4 Å². The molecule has 1 N–H and O–H groups in total. The molecule has 0 saturated carbocycles. The van der Waals surface area contributed by atoms with E-state index in [1.54, 1.807) is 35.5 Å². The minimum Gasteiger partial charge on any atom is -0.322 e. The van der Waals surface area contributed by atoms with Crippen LogP contribution in [-0.4, -0.2) is 20.7 Å². The predicted octanol–water partition coefficient (Wildman–Crippen LogP) is 3.10. The summed E-state index contributed by atoms with van der Waals surface area (Å²) in [6, 6.07) is 7.65. The normalized spacial score (nSPS) is 10.6. The van der Waals surface area contributed by atoms with E-state index in [9.17, 15) is 4.79 Å². The monoisotopic (exact) mass is 298 g/mol. The number of thiazole rings is 1. The zero-order valence-electron chi connectivity index (χ0n) is 11.7. The zero-order chi connectivity index (χ0) is 14.8. The van der Waals surface area contributed by atoms with Crippen molar-refractivity contribution in [1.29, 1.82) is 0 Å². The third-order valence-corrected chi connectivity index (χ3v) is 3.80. The lowest BCUT2D eigenvalue weighted by Gasteiger charge is -2.04. The molecule has 0 atom stereocenters. The summed E-state index contributed by atoms with van der Waals surface area (Å²) in [6.07, 6.45) is 3.23. The van der Waals surface area contributed by atoms with Crippen molar-refractivity contribution in [2.24, 2.45) is 7.05 Å². The molecule has 3 rings (SSSR count). The maximum atomic E-state index is 12.0. The molecule has 6 heteroatoms. The van der Waals surface area contributed by atoms with Gasteiger partial charge in [0.1, 0.15) is 0 Å². The van der Waals surface area contributed by atoms with Crippen molar-refractivity contribution in [3.05, 3.63) is 52.6 Å². The first-order valence-corrected chi connectivity index (χ1v) is 7.32. The van der Waals surface area contributed by atoms with Gasteiger partial charge in [-0.1, -0.05) is 12.1 Å². The molecular weight excluding hydrogens is 284 g/mol. The van der Waals surface area contributed by atoms with Crippen LogP contribution >= 0.6 is 11.3 Å². The van der Waals surface area contributed by atoms with Crippen LogP contribution < -0.4 is 5.32 Å². The molecule has 0 radical (unpaired) electrons. The van der Waals surface area contributed by atoms with Crippen LogP contribution in [0.3, 0.4) is 0 Å². The van der Waals surface area contributed by atoms with Gasteiger partial charge in [0.15, 0.2) is 0 Å². The van der Waals surface area contributed by atoms with E-state index in [1.807, 2.05) is 36.6 Å². The molecule has 2 heterocycles. The number of aryl methyl sites for hydroxylation is 2. The van der Waals surface area contributed by atoms with E-state index in [0.717, 1.165) is 22.0 Å². The third kappa shape index (κ3) is 3.00. The van der Waals surface area contributed by atoms with Crippen molar-refractivity contribution in [1.82, 2.24) is 14.8 Å². The van der Waals surface area contributed by atoms with Crippen molar-refractivity contribution in [3.63, 3.8) is 0 Å². The minimum atomic E-state index is -0.166. The molecule has 106 valence electrons. The van der Waals surface area contributed by atoms with Crippen molar-refractivity contribution in [2.45, 2.75) is 6.92 Å². The molecule has 21 heavy (non-hydrogen) atoms. The summed E-state index contributed by atoms with van der Waals surface area (Å²) in [6.45, 7) is 1.98. The number of carbonyl (C=O) groups is 1. The number of anilines is 1. The number of carbonyl (C=O) groups excluding carboxylic acids is 1. The van der Waals surface area contributed by atoms with E-state index in [1.165, 1.54) is 0 Å². The summed E-state index contributed by atoms with van der Waals surface area (Å²) in [4.78, 5) is 16.5. The van der Waals surface area contributed by atoms with Gasteiger partial charge >= 0.3 is 0 Å². The van der Waals surface area contributed by atoms with E-state index < -0.39 is 0 Å². The Bertz CT molecular complexity index is 773. The fraction of sp³-hybridized carbons (Fsp3) is 0.133. The molecule has 0 bridgehead atoms. The highest BCUT2D eigenvalue weighted by Gasteiger charge is 2.08. The van der Waals surface area contributed by atoms with Crippen molar-refractivity contribution in [3.8, 4) is 11.3 Å². The molecule has 0 fully saturated rings. The number of nitrogens with zero attached hydrogens (tertiary/aromatic N) is 3. The van der Waals surface area contributed by atoms with E-state index in [0.29, 0.717) is 5.56 Å². The van der Waals surface area contributed by atoms with Gasteiger partial charge in [-0.15, -0.1) is 11.3 Å². The molecule has 0 spiro atoms. The molecule has 0 saturated heterocycles. The Morgan fingerprint density at radius 2 is 2.05 bits per heavy atom. The molecule has 1 aromatic carbocycles. The number of benzene rings is 1. The van der Waals surface area contributed by atoms with E-state index in [-0.39, 0.29) is 5.91 Å². The second-order valence-electron chi connectivity index (χ2n) is 4.69. The topological polar surface area (TPSA) is 59.8 Å². The molecule has 0 unspecified atom stereocenters. The standard InChI is InChI=1S/C15H14N4OS/c1-10-17-14(9-21-10)11-3-5-13(6-4-11)18-15(20)12-7-16-19(2)8-12/h3-9H,1-2H3,(H,18,20). The van der Waals surface area contributed by atoms with Crippen molar-refractivity contribution in [2.75, 3.05) is 5.32 Å². The highest BCUT2D eigenvalue weighted by atomic mass is 32.1. The molecule has 1 amide bonds. The molecule has 3 aromatic rings. The second-order valence-corrected chi connectivity index (χ2v) is 5.75. The summed E-state index contributed by atoms with van der Waals surface area (Å²) < 4.78 is 1.60. The van der Waals surface area contributed by atoms with Crippen LogP contribution in [0.25, 0.3) is 11.3 Å². The van der Waals surface area contributed by atoms with Crippen LogP contribution in [0.5, 0.6) is 0 Å². The number of aromatic nitrogens is 3. The van der Waals surface area contributed by atoms with Crippen LogP contribution in [0.15, 0.2) is 42.0 Å². The zero-order valence-corrected chi connectivity index (χ0v) is 12.5. The van der Waals surface area contributed by atoms with E-state index in [4.69, 9.17) is 0 Å². The van der Waals surface area contributed by atoms with Gasteiger partial charge in [0.05, 0.1) is 22.5 Å². The number of hydrogen-bond acceptors (Lipinski definition) is 4. The van der Waals surface area contributed by atoms with Crippen LogP contribution in [-0.2, 0) is 7.05 Å². The number of rotatable bonds is 3. The van der Waals surface area contributed by atoms with Crippen LogP contribution in [0.4, 0.5) is 5.69 Å². The van der Waals surface area contributed by atoms with Gasteiger partial charge in [-0.2, -0.15) is 5.10 Å². The lowest BCUT2D eigenvalue weighted by molar-refractivity contribution is 0.102. The average molecular weight is 298 g/mol. The van der Waals surface area contributed by atoms with Gasteiger partial charge in [-0.05, 0) is 19.1 Å². The lowest BCUT2D eigenvalue weighted by Crippen LogP contribution is -2.10. The summed E-state index contributed by atoms with van der Waals surface area (Å²) in [7, 11) is 1.78. The molecular formula is C15H14N4OS. The van der Waals surface area contributed by atoms with Gasteiger partial charge in [-0.3, -0.25) is 9.48 Å². The molecule has 5 nitrogen and oxygen atoms in total. The van der Waals surface area contributed by atoms with Gasteiger partial charge in [0.25, 0.3) is 5.91 Å². The second kappa shape index (κ2) is 5.49. The first-order valence-electron chi connectivity index (χ1n) is 6.44. The highest BCUT2D eigenvalue weighted by molar-refractivity contribution is 7.09. The lowest BCUT2D eigenvalue weighted by atomic mass is 10.1. The summed E-state index contributed by atoms with van der Waals surface area (Å²) in [5.74, 6) is -0.166. The number of nitrogens with one attached hydrogen (secondary N) is 1. The van der Waals surface area contributed by atoms with Gasteiger partial charge in [0.2, 0.25) is 0 Å². The average Bonchev–Trinajstić information content (AvgIpc) is 3.08. The van der Waals surface area contributed by atoms with Crippen molar-refractivity contribution >= 4 is 22.9 Å². The summed E-state index contributed by atoms with van der Waals surface area (Å²) in [5, 5.41) is 9.90. The fourth-order valence-corrected chi connectivity index (χ4v) is 2.58. The largest absolute Gasteiger partial charge is 0.322 e. The Labute approximate surface area is 126 Å². The predicted molar refractivity (Wildman–Crippen MR) is 83.4 cm³/mol. The fourth-order valence-electron chi connectivity index (χ4n) is 1.96. The Kier molecular flexibility index (Phi) is 3.53. The Hall–Kier alpha value is -2.47. The molecule has 2 aromatic heterocycles. The number of amides is 1. The number of hydrogen-bond donors (Lipinski definition) is 1. The van der Waals surface area contributed by atoms with Gasteiger partial charge < -0.3 is 5.32 Å². The van der Waals surface area contributed by atoms with Crippen LogP contribution in [0.2, 0.25) is 0 Å². The van der Waals surface area contributed by atoms with Crippen molar-refractivity contribution < 1.29 is 4.79 Å². The molecule has 0 aliphatic heterocycles. The minimum absolute atomic E-state index is 0.166. The Balaban J connectivity index is 1.74. The van der Waals surface area contributed by atoms with Gasteiger partial charge in [0, 0.05) is 29.9 Å². The maximum absolute atomic E-state index is 12.0. The van der Waals surface area contributed by atoms with Gasteiger partial charge in [-0.25, -0.2) is 4.98 Å². The smallest absolute Gasteiger partial charge is 0.258 e. The Morgan fingerprint density at radius 1 is 1.29 bits per heavy atom. The SMILES string of the molecule is Cc1nc(-c2ccc(NC(=O)c3cnn(C)c3)cc2)cs1. The first kappa shape index (κ1) is 13.5. The molecule has 0 aliphatic rings. The highest BCUT2D eigenvalue weighted by Crippen LogP contribution is 2.23. The maximum Gasteiger partial charge on any atom is 0.258 e. The molecule has 0 aliphatic carbocycles. The van der Waals surface area contributed by atoms with Crippen LogP contribution in [0, 0.1) is 6.92 Å². The Morgan fingerprint density at radius 3 is 2.62 bits per heavy atom. The quantitative estimate of drug-likeness (QED) is 0.808. The third-order valence-electron chi connectivity index (χ3n) is 3.02. The van der Waals surface area contributed by atoms with E-state index in [2.05, 4.69) is 15.4 Å². The summed E-state index contributed by atoms with van der Waals surface area (Å²) in [5.41, 5.74) is 3.29. The van der Waals surface area contributed by atoms with E-state index >= 15 is 0 Å². The first-order chi connectivity index (χ1) is 10.1. The summed E-state index contributed by atoms with van der Waals surface area (Å²) >= 11 is 1.62.